The van der Waals surface area contributed by atoms with Crippen molar-refractivity contribution in [3.8, 4) is 23.0 Å². The van der Waals surface area contributed by atoms with Crippen LogP contribution in [0.15, 0.2) is 30.3 Å². The molecule has 7 N–H and O–H groups in total. The van der Waals surface area contributed by atoms with Crippen molar-refractivity contribution in [3.05, 3.63) is 47.0 Å². The van der Waals surface area contributed by atoms with Crippen LogP contribution in [-0.2, 0) is 11.2 Å². The topological polar surface area (TPSA) is 179 Å². The maximum absolute atomic E-state index is 10.5. The first kappa shape index (κ1) is 27.4. The number of phenolic OH excluding ortho intramolecular Hbond substituents is 1. The first-order valence-electron chi connectivity index (χ1n) is 12.0. The van der Waals surface area contributed by atoms with Gasteiger partial charge in [0.25, 0.3) is 0 Å². The smallest absolute Gasteiger partial charge is 0.229 e. The van der Waals surface area contributed by atoms with Gasteiger partial charge in [-0.3, -0.25) is 0 Å². The monoisotopic (exact) mass is 522 g/mol. The van der Waals surface area contributed by atoms with E-state index in [9.17, 15) is 35.7 Å². The summed E-state index contributed by atoms with van der Waals surface area (Å²) in [5.41, 5.74) is 2.34. The van der Waals surface area contributed by atoms with Crippen LogP contribution in [0.3, 0.4) is 0 Å². The van der Waals surface area contributed by atoms with Crippen LogP contribution in [-0.4, -0.2) is 100 Å². The second-order valence-corrected chi connectivity index (χ2v) is 9.42. The number of benzene rings is 2. The lowest BCUT2D eigenvalue weighted by Gasteiger charge is -2.41. The van der Waals surface area contributed by atoms with Crippen LogP contribution < -0.4 is 14.2 Å². The number of rotatable bonds is 8. The molecule has 2 aromatic rings. The number of aliphatic hydroxyl groups excluding tert-OH is 6. The number of aliphatic hydroxyl groups is 6. The lowest BCUT2D eigenvalue weighted by Crippen LogP contribution is -2.60. The highest BCUT2D eigenvalue weighted by molar-refractivity contribution is 5.54. The first-order valence-corrected chi connectivity index (χ1v) is 12.0. The van der Waals surface area contributed by atoms with E-state index in [2.05, 4.69) is 0 Å². The van der Waals surface area contributed by atoms with E-state index in [1.54, 1.807) is 24.3 Å². The molecule has 1 heterocycles. The van der Waals surface area contributed by atoms with Gasteiger partial charge in [0.15, 0.2) is 23.0 Å². The first-order chi connectivity index (χ1) is 17.8. The Bertz CT molecular complexity index is 1070. The van der Waals surface area contributed by atoms with Crippen molar-refractivity contribution < 1.29 is 54.7 Å². The van der Waals surface area contributed by atoms with Gasteiger partial charge in [-0.05, 0) is 59.2 Å². The van der Waals surface area contributed by atoms with Gasteiger partial charge in [0, 0.05) is 19.1 Å². The maximum Gasteiger partial charge on any atom is 0.229 e. The van der Waals surface area contributed by atoms with E-state index in [-0.39, 0.29) is 42.3 Å². The predicted molar refractivity (Wildman–Crippen MR) is 129 cm³/mol. The molecule has 0 aromatic heterocycles. The quantitative estimate of drug-likeness (QED) is 0.238. The van der Waals surface area contributed by atoms with Crippen molar-refractivity contribution in [3.63, 3.8) is 0 Å². The Morgan fingerprint density at radius 3 is 2.19 bits per heavy atom. The minimum absolute atomic E-state index is 0.0390. The molecule has 11 nitrogen and oxygen atoms in total. The van der Waals surface area contributed by atoms with Gasteiger partial charge in [0.1, 0.15) is 24.4 Å². The number of hydrogen-bond acceptors (Lipinski definition) is 11. The predicted octanol–water partition coefficient (Wildman–Crippen LogP) is -0.507. The molecule has 1 saturated heterocycles. The summed E-state index contributed by atoms with van der Waals surface area (Å²) in [6.07, 6.45) is -6.86. The van der Waals surface area contributed by atoms with Crippen LogP contribution in [0.25, 0.3) is 0 Å². The van der Waals surface area contributed by atoms with E-state index in [1.165, 1.54) is 20.3 Å². The van der Waals surface area contributed by atoms with E-state index in [1.807, 2.05) is 0 Å². The van der Waals surface area contributed by atoms with Crippen molar-refractivity contribution in [1.82, 2.24) is 0 Å². The molecule has 0 radical (unpaired) electrons. The number of fused-ring (bicyclic) bond motifs is 1. The van der Waals surface area contributed by atoms with Crippen LogP contribution in [0.1, 0.15) is 22.6 Å². The Balaban J connectivity index is 1.79. The van der Waals surface area contributed by atoms with Gasteiger partial charge in [-0.25, -0.2) is 0 Å². The molecule has 37 heavy (non-hydrogen) atoms. The van der Waals surface area contributed by atoms with E-state index >= 15 is 0 Å². The van der Waals surface area contributed by atoms with Crippen molar-refractivity contribution >= 4 is 0 Å². The van der Waals surface area contributed by atoms with Crippen LogP contribution in [0.2, 0.25) is 0 Å². The molecule has 0 saturated carbocycles. The highest BCUT2D eigenvalue weighted by Crippen LogP contribution is 2.48. The van der Waals surface area contributed by atoms with Crippen molar-refractivity contribution in [1.29, 1.82) is 0 Å². The molecule has 204 valence electrons. The summed E-state index contributed by atoms with van der Waals surface area (Å²) in [6, 6.07) is 8.33. The Kier molecular flexibility index (Phi) is 8.44. The SMILES string of the molecule is COc1cc([C@@H]2c3cc(O[C@@H]4O[C@H](CO)[C@@H](O)[C@@H](O)[C@H]4O)c(OC)cc3C[C@H](CO)[C@H]2CO)ccc1O. The highest BCUT2D eigenvalue weighted by Gasteiger charge is 2.45. The van der Waals surface area contributed by atoms with Gasteiger partial charge in [0.05, 0.1) is 20.8 Å². The molecular formula is C26H34O11. The minimum atomic E-state index is -1.61. The summed E-state index contributed by atoms with van der Waals surface area (Å²) in [5, 5.41) is 70.8. The zero-order valence-electron chi connectivity index (χ0n) is 20.6. The average Bonchev–Trinajstić information content (AvgIpc) is 2.92. The second-order valence-electron chi connectivity index (χ2n) is 9.42. The lowest BCUT2D eigenvalue weighted by molar-refractivity contribution is -0.277. The summed E-state index contributed by atoms with van der Waals surface area (Å²) in [7, 11) is 2.87. The summed E-state index contributed by atoms with van der Waals surface area (Å²) in [5.74, 6) is -0.374. The number of aromatic hydroxyl groups is 1. The van der Waals surface area contributed by atoms with E-state index in [0.29, 0.717) is 12.2 Å². The minimum Gasteiger partial charge on any atom is -0.504 e. The molecule has 11 heteroatoms. The molecule has 1 aliphatic carbocycles. The largest absolute Gasteiger partial charge is 0.504 e. The molecule has 8 atom stereocenters. The van der Waals surface area contributed by atoms with Crippen molar-refractivity contribution in [2.75, 3.05) is 34.0 Å². The third-order valence-corrected chi connectivity index (χ3v) is 7.38. The van der Waals surface area contributed by atoms with Crippen LogP contribution in [0, 0.1) is 11.8 Å². The molecule has 0 spiro atoms. The number of phenols is 1. The fraction of sp³-hybridized carbons (Fsp3) is 0.538. The van der Waals surface area contributed by atoms with Gasteiger partial charge in [-0.1, -0.05) is 6.07 Å². The van der Waals surface area contributed by atoms with Gasteiger partial charge in [-0.15, -0.1) is 0 Å². The fourth-order valence-electron chi connectivity index (χ4n) is 5.33. The third kappa shape index (κ3) is 5.08. The molecule has 0 unspecified atom stereocenters. The van der Waals surface area contributed by atoms with Crippen molar-refractivity contribution in [2.24, 2.45) is 11.8 Å². The zero-order chi connectivity index (χ0) is 26.9. The summed E-state index contributed by atoms with van der Waals surface area (Å²) in [6.45, 7) is -0.965. The summed E-state index contributed by atoms with van der Waals surface area (Å²) >= 11 is 0. The van der Waals surface area contributed by atoms with Crippen molar-refractivity contribution in [2.45, 2.75) is 43.0 Å². The van der Waals surface area contributed by atoms with Gasteiger partial charge in [0.2, 0.25) is 6.29 Å². The molecule has 0 bridgehead atoms. The number of ether oxygens (including phenoxy) is 4. The second kappa shape index (κ2) is 11.4. The molecule has 2 aliphatic rings. The van der Waals surface area contributed by atoms with Crippen LogP contribution in [0.4, 0.5) is 0 Å². The van der Waals surface area contributed by atoms with Crippen LogP contribution in [0.5, 0.6) is 23.0 Å². The fourth-order valence-corrected chi connectivity index (χ4v) is 5.33. The molecule has 4 rings (SSSR count). The molecule has 0 amide bonds. The molecule has 2 aromatic carbocycles. The van der Waals surface area contributed by atoms with E-state index in [4.69, 9.17) is 18.9 Å². The summed E-state index contributed by atoms with van der Waals surface area (Å²) in [4.78, 5) is 0. The van der Waals surface area contributed by atoms with Crippen LogP contribution >= 0.6 is 0 Å². The van der Waals surface area contributed by atoms with Gasteiger partial charge in [-0.2, -0.15) is 0 Å². The Hall–Kier alpha value is -2.64. The zero-order valence-corrected chi connectivity index (χ0v) is 20.6. The van der Waals surface area contributed by atoms with Gasteiger partial charge >= 0.3 is 0 Å². The normalized spacial score (nSPS) is 31.5. The third-order valence-electron chi connectivity index (χ3n) is 7.38. The Morgan fingerprint density at radius 1 is 0.838 bits per heavy atom. The number of hydrogen-bond donors (Lipinski definition) is 7. The Morgan fingerprint density at radius 2 is 1.57 bits per heavy atom. The molecule has 1 fully saturated rings. The molecular weight excluding hydrogens is 488 g/mol. The number of methoxy groups -OCH3 is 2. The average molecular weight is 523 g/mol. The Labute approximate surface area is 214 Å². The van der Waals surface area contributed by atoms with E-state index < -0.39 is 43.2 Å². The standard InChI is InChI=1S/C26H34O11/c1-34-18-6-12(3-4-17(18)30)22-15-8-20(36-26-25(33)24(32)23(31)21(11-29)37-26)19(35-2)7-13(15)5-14(9-27)16(22)10-28/h3-4,6-8,14,16,21-33H,5,9-11H2,1-2H3/t14-,16-,21-,22-,23-,24-,25-,26-/m1/s1. The van der Waals surface area contributed by atoms with E-state index in [0.717, 1.165) is 16.7 Å². The highest BCUT2D eigenvalue weighted by atomic mass is 16.7. The molecule has 1 aliphatic heterocycles. The lowest BCUT2D eigenvalue weighted by atomic mass is 9.67. The maximum atomic E-state index is 10.5. The summed E-state index contributed by atoms with van der Waals surface area (Å²) < 4.78 is 22.2. The van der Waals surface area contributed by atoms with Gasteiger partial charge < -0.3 is 54.7 Å².